The zero-order chi connectivity index (χ0) is 51.0. The molecule has 1 spiro atoms. The summed E-state index contributed by atoms with van der Waals surface area (Å²) in [4.78, 5) is 2.51. The zero-order valence-electron chi connectivity index (χ0n) is 45.0. The Balaban J connectivity index is 1.12. The van der Waals surface area contributed by atoms with Crippen LogP contribution in [0.3, 0.4) is 0 Å². The van der Waals surface area contributed by atoms with Crippen molar-refractivity contribution in [3.8, 4) is 33.4 Å². The molecular weight excluding hydrogens is 879 g/mol. The fourth-order valence-electron chi connectivity index (χ4n) is 12.9. The van der Waals surface area contributed by atoms with Gasteiger partial charge in [0.05, 0.1) is 10.8 Å². The maximum Gasteiger partial charge on any atom is 0.0726 e. The fraction of sp³-hybridized carbons (Fsp3) is 0.250. The average molecular weight is 948 g/mol. The van der Waals surface area contributed by atoms with Crippen LogP contribution >= 0.6 is 0 Å². The van der Waals surface area contributed by atoms with Gasteiger partial charge in [-0.15, -0.1) is 0 Å². The van der Waals surface area contributed by atoms with Gasteiger partial charge in [0, 0.05) is 17.1 Å². The molecule has 0 fully saturated rings. The Labute approximate surface area is 435 Å². The highest BCUT2D eigenvalue weighted by molar-refractivity contribution is 5.97. The van der Waals surface area contributed by atoms with Gasteiger partial charge in [-0.05, 0) is 158 Å². The van der Waals surface area contributed by atoms with Crippen LogP contribution < -0.4 is 4.90 Å². The average Bonchev–Trinajstić information content (AvgIpc) is 3.96. The van der Waals surface area contributed by atoms with E-state index >= 15 is 0 Å². The number of hydrogen-bond donors (Lipinski definition) is 0. The third-order valence-electron chi connectivity index (χ3n) is 16.8. The zero-order valence-corrected chi connectivity index (χ0v) is 45.0. The molecule has 3 aliphatic rings. The molecule has 0 bridgehead atoms. The second-order valence-corrected chi connectivity index (χ2v) is 25.4. The van der Waals surface area contributed by atoms with E-state index in [1.807, 2.05) is 0 Å². The van der Waals surface area contributed by atoms with Gasteiger partial charge in [0.2, 0.25) is 0 Å². The van der Waals surface area contributed by atoms with Gasteiger partial charge in [0.15, 0.2) is 0 Å². The summed E-state index contributed by atoms with van der Waals surface area (Å²) in [7, 11) is 0. The summed E-state index contributed by atoms with van der Waals surface area (Å²) in [6.07, 6.45) is 0. The molecule has 12 rings (SSSR count). The van der Waals surface area contributed by atoms with Gasteiger partial charge >= 0.3 is 0 Å². The first kappa shape index (κ1) is 46.8. The lowest BCUT2D eigenvalue weighted by Crippen LogP contribution is -2.29. The lowest BCUT2D eigenvalue weighted by molar-refractivity contribution is 0.588. The van der Waals surface area contributed by atoms with E-state index in [9.17, 15) is 0 Å². The van der Waals surface area contributed by atoms with Crippen molar-refractivity contribution in [1.82, 2.24) is 0 Å². The van der Waals surface area contributed by atoms with Gasteiger partial charge in [-0.2, -0.15) is 0 Å². The largest absolute Gasteiger partial charge is 0.310 e. The van der Waals surface area contributed by atoms with E-state index in [1.54, 1.807) is 0 Å². The van der Waals surface area contributed by atoms with Gasteiger partial charge in [-0.3, -0.25) is 0 Å². The van der Waals surface area contributed by atoms with E-state index < -0.39 is 10.8 Å². The highest BCUT2D eigenvalue weighted by Gasteiger charge is 2.53. The van der Waals surface area contributed by atoms with E-state index in [4.69, 9.17) is 0 Å². The Hall–Kier alpha value is -7.22. The van der Waals surface area contributed by atoms with Crippen LogP contribution in [0.25, 0.3) is 33.4 Å². The molecule has 0 saturated carbocycles. The quantitative estimate of drug-likeness (QED) is 0.166. The smallest absolute Gasteiger partial charge is 0.0726 e. The van der Waals surface area contributed by atoms with Gasteiger partial charge in [-0.25, -0.2) is 0 Å². The minimum absolute atomic E-state index is 0.00199. The number of nitrogens with zero attached hydrogens (tertiary/aromatic N) is 1. The molecule has 0 aromatic heterocycles. The summed E-state index contributed by atoms with van der Waals surface area (Å²) in [5, 5.41) is 0. The minimum Gasteiger partial charge on any atom is -0.310 e. The Kier molecular flexibility index (Phi) is 10.4. The molecule has 1 heteroatoms. The van der Waals surface area contributed by atoms with E-state index in [2.05, 4.69) is 288 Å². The van der Waals surface area contributed by atoms with Crippen LogP contribution in [0, 0.1) is 0 Å². The topological polar surface area (TPSA) is 3.24 Å². The number of fused-ring (bicyclic) bond motifs is 13. The molecule has 9 aromatic carbocycles. The van der Waals surface area contributed by atoms with Crippen LogP contribution in [0.4, 0.5) is 17.1 Å². The SMILES string of the molecule is CC(C)(C)c1ccc(C2(c3ccc(C(C)(C)C)cc3)c3ccccc3-c3ccc(N(c4ccccc4)c4ccc5c(c4)C4(c6ccccc6-5)c5ccc(C(C)(C)C)cc5-c5cc(C(C)(C)C)ccc54)cc32)cc1. The number of rotatable bonds is 5. The van der Waals surface area contributed by atoms with Crippen molar-refractivity contribution in [3.05, 3.63) is 267 Å². The first-order valence-corrected chi connectivity index (χ1v) is 26.6. The molecule has 3 aliphatic carbocycles. The molecule has 0 saturated heterocycles. The van der Waals surface area contributed by atoms with Crippen molar-refractivity contribution in [2.24, 2.45) is 0 Å². The number of hydrogen-bond acceptors (Lipinski definition) is 1. The summed E-state index contributed by atoms with van der Waals surface area (Å²) >= 11 is 0. The first-order valence-electron chi connectivity index (χ1n) is 26.6. The van der Waals surface area contributed by atoms with E-state index in [-0.39, 0.29) is 21.7 Å². The van der Waals surface area contributed by atoms with Crippen molar-refractivity contribution in [3.63, 3.8) is 0 Å². The van der Waals surface area contributed by atoms with Crippen molar-refractivity contribution in [2.75, 3.05) is 4.90 Å². The maximum atomic E-state index is 2.54. The van der Waals surface area contributed by atoms with Gasteiger partial charge < -0.3 is 4.90 Å². The van der Waals surface area contributed by atoms with Crippen molar-refractivity contribution >= 4 is 17.1 Å². The molecule has 0 unspecified atom stereocenters. The van der Waals surface area contributed by atoms with Gasteiger partial charge in [-0.1, -0.05) is 247 Å². The molecule has 0 aliphatic heterocycles. The Morgan fingerprint density at radius 1 is 0.247 bits per heavy atom. The van der Waals surface area contributed by atoms with Crippen molar-refractivity contribution < 1.29 is 0 Å². The minimum atomic E-state index is -0.574. The van der Waals surface area contributed by atoms with Gasteiger partial charge in [0.1, 0.15) is 0 Å². The molecule has 0 amide bonds. The second kappa shape index (κ2) is 16.1. The van der Waals surface area contributed by atoms with Crippen LogP contribution in [0.15, 0.2) is 200 Å². The predicted octanol–water partition coefficient (Wildman–Crippen LogP) is 19.1. The Morgan fingerprint density at radius 2 is 0.589 bits per heavy atom. The van der Waals surface area contributed by atoms with Gasteiger partial charge in [0.25, 0.3) is 0 Å². The molecule has 0 N–H and O–H groups in total. The first-order chi connectivity index (χ1) is 34.7. The van der Waals surface area contributed by atoms with Crippen molar-refractivity contribution in [1.29, 1.82) is 0 Å². The van der Waals surface area contributed by atoms with E-state index in [0.717, 1.165) is 17.1 Å². The van der Waals surface area contributed by atoms with E-state index in [1.165, 1.54) is 100 Å². The number of anilines is 3. The molecule has 73 heavy (non-hydrogen) atoms. The summed E-state index contributed by atoms with van der Waals surface area (Å²) in [5.41, 5.74) is 26.2. The molecule has 9 aromatic rings. The number of benzene rings is 9. The van der Waals surface area contributed by atoms with Crippen LogP contribution in [-0.4, -0.2) is 0 Å². The molecule has 1 nitrogen and oxygen atoms in total. The highest BCUT2D eigenvalue weighted by Crippen LogP contribution is 2.64. The van der Waals surface area contributed by atoms with Crippen LogP contribution in [0.2, 0.25) is 0 Å². The monoisotopic (exact) mass is 948 g/mol. The summed E-state index contributed by atoms with van der Waals surface area (Å²) in [6, 6.07) is 77.9. The molecule has 0 heterocycles. The molecular formula is C72H69N. The maximum absolute atomic E-state index is 2.54. The van der Waals surface area contributed by atoms with Crippen LogP contribution in [-0.2, 0) is 32.5 Å². The highest BCUT2D eigenvalue weighted by atomic mass is 15.1. The third-order valence-corrected chi connectivity index (χ3v) is 16.8. The number of para-hydroxylation sites is 1. The lowest BCUT2D eigenvalue weighted by atomic mass is 9.67. The summed E-state index contributed by atoms with van der Waals surface area (Å²) < 4.78 is 0. The second-order valence-electron chi connectivity index (χ2n) is 25.4. The van der Waals surface area contributed by atoms with Crippen molar-refractivity contribution in [2.45, 2.75) is 116 Å². The molecule has 0 radical (unpaired) electrons. The predicted molar refractivity (Wildman–Crippen MR) is 310 cm³/mol. The van der Waals surface area contributed by atoms with Crippen LogP contribution in [0.1, 0.15) is 150 Å². The Bertz CT molecular complexity index is 3410. The standard InChI is InChI=1S/C72H69N/c1-67(2,3)46-26-30-48(31-27-46)71(49-32-28-47(29-33-49)68(4,5)6)61-24-18-16-22-55(61)57-38-36-53(44-65(57)71)73(52-20-14-13-15-21-52)54-37-39-58-56-23-17-19-25-62(56)72(66(58)45-54)63-40-34-50(69(7,8)9)42-59(63)60-43-51(70(10,11)12)35-41-64(60)72/h13-45H,1-12H3. The lowest BCUT2D eigenvalue weighted by Gasteiger charge is -2.36. The van der Waals surface area contributed by atoms with E-state index in [0.29, 0.717) is 0 Å². The third kappa shape index (κ3) is 7.01. The summed E-state index contributed by atoms with van der Waals surface area (Å²) in [5.74, 6) is 0. The Morgan fingerprint density at radius 3 is 1.01 bits per heavy atom. The molecule has 362 valence electrons. The normalized spacial score (nSPS) is 14.8. The summed E-state index contributed by atoms with van der Waals surface area (Å²) in [6.45, 7) is 27.9. The molecule has 0 atom stereocenters. The van der Waals surface area contributed by atoms with Crippen LogP contribution in [0.5, 0.6) is 0 Å². The fourth-order valence-corrected chi connectivity index (χ4v) is 12.9.